The van der Waals surface area contributed by atoms with Crippen LogP contribution in [-0.2, 0) is 0 Å². The van der Waals surface area contributed by atoms with Crippen molar-refractivity contribution in [3.8, 4) is 17.1 Å². The van der Waals surface area contributed by atoms with Crippen LogP contribution in [0.1, 0.15) is 24.3 Å². The van der Waals surface area contributed by atoms with Gasteiger partial charge in [-0.25, -0.2) is 9.97 Å². The Morgan fingerprint density at radius 2 is 1.88 bits per heavy atom. The molecule has 32 heavy (non-hydrogen) atoms. The van der Waals surface area contributed by atoms with Crippen LogP contribution in [0, 0.1) is 0 Å². The number of H-pyrrole nitrogens is 1. The van der Waals surface area contributed by atoms with Crippen LogP contribution in [0.2, 0.25) is 0 Å². The second kappa shape index (κ2) is 8.80. The van der Waals surface area contributed by atoms with Gasteiger partial charge in [-0.15, -0.1) is 0 Å². The maximum Gasteiger partial charge on any atom is 0.259 e. The van der Waals surface area contributed by atoms with Crippen molar-refractivity contribution in [1.29, 1.82) is 0 Å². The second-order valence-corrected chi connectivity index (χ2v) is 7.99. The van der Waals surface area contributed by atoms with Crippen LogP contribution in [0.25, 0.3) is 22.0 Å². The van der Waals surface area contributed by atoms with Crippen LogP contribution in [0.3, 0.4) is 0 Å². The van der Waals surface area contributed by atoms with E-state index in [9.17, 15) is 4.79 Å². The van der Waals surface area contributed by atoms with E-state index < -0.39 is 0 Å². The summed E-state index contributed by atoms with van der Waals surface area (Å²) in [6.45, 7) is 2.13. The summed E-state index contributed by atoms with van der Waals surface area (Å²) in [5.41, 5.74) is 3.64. The van der Waals surface area contributed by atoms with E-state index in [2.05, 4.69) is 44.9 Å². The lowest BCUT2D eigenvalue weighted by Crippen LogP contribution is -2.26. The van der Waals surface area contributed by atoms with Crippen molar-refractivity contribution in [3.63, 3.8) is 0 Å². The van der Waals surface area contributed by atoms with Crippen LogP contribution >= 0.6 is 0 Å². The van der Waals surface area contributed by atoms with Crippen molar-refractivity contribution in [3.05, 3.63) is 76.8 Å². The summed E-state index contributed by atoms with van der Waals surface area (Å²) in [5, 5.41) is 8.11. The molecule has 0 radical (unpaired) electrons. The molecule has 0 spiro atoms. The number of fused-ring (bicyclic) bond motifs is 1. The highest BCUT2D eigenvalue weighted by Crippen LogP contribution is 2.30. The van der Waals surface area contributed by atoms with E-state index in [4.69, 9.17) is 9.72 Å². The molecule has 1 fully saturated rings. The molecular formula is C25H25N5O2. The summed E-state index contributed by atoms with van der Waals surface area (Å²) >= 11 is 0. The van der Waals surface area contributed by atoms with Gasteiger partial charge in [0.25, 0.3) is 5.56 Å². The Balaban J connectivity index is 1.51. The Hall–Kier alpha value is -3.71. The highest BCUT2D eigenvalue weighted by molar-refractivity contribution is 5.95. The lowest BCUT2D eigenvalue weighted by molar-refractivity contribution is 0.398. The first-order valence-corrected chi connectivity index (χ1v) is 10.8. The maximum atomic E-state index is 12.6. The van der Waals surface area contributed by atoms with Gasteiger partial charge >= 0.3 is 0 Å². The van der Waals surface area contributed by atoms with Crippen LogP contribution in [0.15, 0.2) is 65.7 Å². The highest BCUT2D eigenvalue weighted by Gasteiger charge is 2.16. The average molecular weight is 428 g/mol. The first kappa shape index (κ1) is 20.2. The molecule has 1 aliphatic heterocycles. The Morgan fingerprint density at radius 3 is 2.59 bits per heavy atom. The number of rotatable bonds is 5. The third kappa shape index (κ3) is 4.07. The number of hydrogen-bond donors (Lipinski definition) is 3. The molecule has 3 N–H and O–H groups in total. The van der Waals surface area contributed by atoms with Gasteiger partial charge in [0.05, 0.1) is 18.2 Å². The SMILES string of the molecule is COc1ccc(-c2cc3cc[nH]c(=O)c3c(Nc3ccc(C4CCNCC4)cc3)n2)cn1. The molecule has 1 aromatic carbocycles. The number of piperidine rings is 1. The fourth-order valence-corrected chi connectivity index (χ4v) is 4.24. The summed E-state index contributed by atoms with van der Waals surface area (Å²) in [4.78, 5) is 24.4. The first-order chi connectivity index (χ1) is 15.7. The molecule has 7 heteroatoms. The molecule has 1 aliphatic rings. The number of aromatic amines is 1. The zero-order valence-corrected chi connectivity index (χ0v) is 17.9. The number of anilines is 2. The number of ether oxygens (including phenoxy) is 1. The zero-order chi connectivity index (χ0) is 21.9. The normalized spacial score (nSPS) is 14.4. The quantitative estimate of drug-likeness (QED) is 0.442. The lowest BCUT2D eigenvalue weighted by atomic mass is 9.90. The minimum Gasteiger partial charge on any atom is -0.481 e. The highest BCUT2D eigenvalue weighted by atomic mass is 16.5. The monoisotopic (exact) mass is 427 g/mol. The smallest absolute Gasteiger partial charge is 0.259 e. The number of benzene rings is 1. The van der Waals surface area contributed by atoms with Crippen molar-refractivity contribution in [2.45, 2.75) is 18.8 Å². The zero-order valence-electron chi connectivity index (χ0n) is 17.9. The number of aromatic nitrogens is 3. The van der Waals surface area contributed by atoms with E-state index in [1.165, 1.54) is 5.56 Å². The van der Waals surface area contributed by atoms with Gasteiger partial charge < -0.3 is 20.4 Å². The first-order valence-electron chi connectivity index (χ1n) is 10.8. The number of methoxy groups -OCH3 is 1. The fraction of sp³-hybridized carbons (Fsp3) is 0.240. The van der Waals surface area contributed by atoms with Crippen molar-refractivity contribution < 1.29 is 4.74 Å². The largest absolute Gasteiger partial charge is 0.481 e. The summed E-state index contributed by atoms with van der Waals surface area (Å²) in [5.74, 6) is 1.65. The molecule has 5 rings (SSSR count). The number of nitrogens with zero attached hydrogens (tertiary/aromatic N) is 2. The Labute approximate surface area is 185 Å². The van der Waals surface area contributed by atoms with Gasteiger partial charge in [-0.2, -0.15) is 0 Å². The van der Waals surface area contributed by atoms with Crippen molar-refractivity contribution >= 4 is 22.3 Å². The van der Waals surface area contributed by atoms with E-state index in [1.54, 1.807) is 25.6 Å². The topological polar surface area (TPSA) is 91.9 Å². The number of nitrogens with one attached hydrogen (secondary N) is 3. The van der Waals surface area contributed by atoms with Gasteiger partial charge in [0.1, 0.15) is 5.82 Å². The number of pyridine rings is 3. The maximum absolute atomic E-state index is 12.6. The molecular weight excluding hydrogens is 402 g/mol. The summed E-state index contributed by atoms with van der Waals surface area (Å²) < 4.78 is 5.15. The standard InChI is InChI=1S/C25H25N5O2/c1-32-22-7-4-19(15-28-22)21-14-18-10-13-27-25(31)23(18)24(30-21)29-20-5-2-16(3-6-20)17-8-11-26-12-9-17/h2-7,10,13-15,17,26H,8-9,11-12H2,1H3,(H,27,31)(H,29,30). The van der Waals surface area contributed by atoms with Crippen molar-refractivity contribution in [2.75, 3.05) is 25.5 Å². The molecule has 4 heterocycles. The molecule has 0 unspecified atom stereocenters. The molecule has 0 bridgehead atoms. The van der Waals surface area contributed by atoms with Crippen LogP contribution in [0.5, 0.6) is 5.88 Å². The summed E-state index contributed by atoms with van der Waals surface area (Å²) in [6.07, 6.45) is 5.69. The van der Waals surface area contributed by atoms with E-state index in [-0.39, 0.29) is 5.56 Å². The molecule has 1 saturated heterocycles. The predicted molar refractivity (Wildman–Crippen MR) is 127 cm³/mol. The van der Waals surface area contributed by atoms with Gasteiger partial charge in [-0.1, -0.05) is 12.1 Å². The third-order valence-electron chi connectivity index (χ3n) is 5.98. The van der Waals surface area contributed by atoms with E-state index >= 15 is 0 Å². The predicted octanol–water partition coefficient (Wildman–Crippen LogP) is 4.20. The lowest BCUT2D eigenvalue weighted by Gasteiger charge is -2.23. The second-order valence-electron chi connectivity index (χ2n) is 7.99. The molecule has 4 aromatic rings. The summed E-state index contributed by atoms with van der Waals surface area (Å²) in [6, 6.07) is 15.9. The third-order valence-corrected chi connectivity index (χ3v) is 5.98. The van der Waals surface area contributed by atoms with Gasteiger partial charge in [0, 0.05) is 29.7 Å². The van der Waals surface area contributed by atoms with E-state index in [0.29, 0.717) is 23.0 Å². The Bertz CT molecular complexity index is 1280. The minimum absolute atomic E-state index is 0.178. The molecule has 0 aliphatic carbocycles. The van der Waals surface area contributed by atoms with E-state index in [1.807, 2.05) is 18.2 Å². The molecule has 0 atom stereocenters. The Kier molecular flexibility index (Phi) is 5.56. The number of hydrogen-bond acceptors (Lipinski definition) is 6. The van der Waals surface area contributed by atoms with Gasteiger partial charge in [-0.3, -0.25) is 4.79 Å². The van der Waals surface area contributed by atoms with Crippen LogP contribution in [0.4, 0.5) is 11.5 Å². The van der Waals surface area contributed by atoms with Gasteiger partial charge in [0.15, 0.2) is 0 Å². The van der Waals surface area contributed by atoms with Gasteiger partial charge in [-0.05, 0) is 73.1 Å². The van der Waals surface area contributed by atoms with Crippen molar-refractivity contribution in [1.82, 2.24) is 20.3 Å². The molecule has 7 nitrogen and oxygen atoms in total. The van der Waals surface area contributed by atoms with Gasteiger partial charge in [0.2, 0.25) is 5.88 Å². The molecule has 3 aromatic heterocycles. The van der Waals surface area contributed by atoms with Crippen LogP contribution < -0.4 is 20.9 Å². The summed E-state index contributed by atoms with van der Waals surface area (Å²) in [7, 11) is 1.58. The minimum atomic E-state index is -0.178. The van der Waals surface area contributed by atoms with Crippen LogP contribution in [-0.4, -0.2) is 35.2 Å². The molecule has 162 valence electrons. The van der Waals surface area contributed by atoms with E-state index in [0.717, 1.165) is 48.3 Å². The molecule has 0 saturated carbocycles. The van der Waals surface area contributed by atoms with Crippen molar-refractivity contribution in [2.24, 2.45) is 0 Å². The fourth-order valence-electron chi connectivity index (χ4n) is 4.24. The molecule has 0 amide bonds. The average Bonchev–Trinajstić information content (AvgIpc) is 2.85. The Morgan fingerprint density at radius 1 is 1.06 bits per heavy atom.